The molecule has 1 heterocycles. The van der Waals surface area contributed by atoms with E-state index in [1.165, 1.54) is 5.69 Å². The molecule has 0 bridgehead atoms. The second kappa shape index (κ2) is 10.8. The summed E-state index contributed by atoms with van der Waals surface area (Å²) in [7, 11) is 3.56. The Kier molecular flexibility index (Phi) is 9.49. The van der Waals surface area contributed by atoms with Crippen LogP contribution < -0.4 is 20.3 Å². The van der Waals surface area contributed by atoms with Gasteiger partial charge in [-0.25, -0.2) is 0 Å². The third-order valence-corrected chi connectivity index (χ3v) is 4.27. The Labute approximate surface area is 175 Å². The number of anilines is 1. The highest BCUT2D eigenvalue weighted by Crippen LogP contribution is 2.22. The molecule has 0 saturated carbocycles. The minimum atomic E-state index is 0. The smallest absolute Gasteiger partial charge is 0.193 e. The quantitative estimate of drug-likeness (QED) is 0.297. The Morgan fingerprint density at radius 3 is 2.42 bits per heavy atom. The van der Waals surface area contributed by atoms with E-state index in [-0.39, 0.29) is 29.5 Å². The first-order chi connectivity index (χ1) is 11.9. The monoisotopic (exact) mass is 475 g/mol. The van der Waals surface area contributed by atoms with Gasteiger partial charge in [-0.2, -0.15) is 0 Å². The molecular formula is C19H34IN5O. The van der Waals surface area contributed by atoms with Crippen LogP contribution in [0, 0.1) is 0 Å². The minimum Gasteiger partial charge on any atom is -0.497 e. The van der Waals surface area contributed by atoms with E-state index in [0.717, 1.165) is 51.0 Å². The van der Waals surface area contributed by atoms with Crippen LogP contribution in [0.25, 0.3) is 0 Å². The largest absolute Gasteiger partial charge is 0.497 e. The maximum atomic E-state index is 5.33. The Bertz CT molecular complexity index is 565. The number of benzene rings is 1. The van der Waals surface area contributed by atoms with Gasteiger partial charge in [0, 0.05) is 63.6 Å². The number of hydrogen-bond acceptors (Lipinski definition) is 4. The normalized spacial score (nSPS) is 15.5. The fourth-order valence-corrected chi connectivity index (χ4v) is 2.93. The molecule has 0 radical (unpaired) electrons. The van der Waals surface area contributed by atoms with Crippen molar-refractivity contribution in [3.05, 3.63) is 24.3 Å². The molecule has 1 aromatic carbocycles. The van der Waals surface area contributed by atoms with Gasteiger partial charge >= 0.3 is 0 Å². The van der Waals surface area contributed by atoms with Gasteiger partial charge < -0.3 is 25.2 Å². The van der Waals surface area contributed by atoms with E-state index in [1.807, 2.05) is 19.2 Å². The van der Waals surface area contributed by atoms with Gasteiger partial charge in [-0.15, -0.1) is 24.0 Å². The zero-order valence-electron chi connectivity index (χ0n) is 16.7. The number of hydrogen-bond donors (Lipinski definition) is 2. The van der Waals surface area contributed by atoms with Crippen LogP contribution in [0.5, 0.6) is 5.75 Å². The van der Waals surface area contributed by atoms with E-state index >= 15 is 0 Å². The van der Waals surface area contributed by atoms with Gasteiger partial charge in [0.2, 0.25) is 0 Å². The van der Waals surface area contributed by atoms with Crippen LogP contribution in [0.15, 0.2) is 29.3 Å². The Morgan fingerprint density at radius 1 is 1.15 bits per heavy atom. The summed E-state index contributed by atoms with van der Waals surface area (Å²) >= 11 is 0. The molecular weight excluding hydrogens is 441 g/mol. The lowest BCUT2D eigenvalue weighted by Crippen LogP contribution is -2.53. The maximum Gasteiger partial charge on any atom is 0.193 e. The molecule has 0 spiro atoms. The number of piperazine rings is 1. The van der Waals surface area contributed by atoms with Crippen molar-refractivity contribution in [2.45, 2.75) is 26.3 Å². The molecule has 0 unspecified atom stereocenters. The Morgan fingerprint density at radius 2 is 1.85 bits per heavy atom. The van der Waals surface area contributed by atoms with Crippen molar-refractivity contribution in [3.8, 4) is 5.75 Å². The van der Waals surface area contributed by atoms with E-state index in [2.05, 4.69) is 58.3 Å². The minimum absolute atomic E-state index is 0. The number of rotatable bonds is 5. The molecule has 148 valence electrons. The van der Waals surface area contributed by atoms with Crippen LogP contribution in [-0.4, -0.2) is 69.8 Å². The first kappa shape index (κ1) is 22.8. The molecule has 6 nitrogen and oxygen atoms in total. The third-order valence-electron chi connectivity index (χ3n) is 4.27. The number of nitrogens with zero attached hydrogens (tertiary/aromatic N) is 3. The van der Waals surface area contributed by atoms with Crippen molar-refractivity contribution >= 4 is 35.6 Å². The van der Waals surface area contributed by atoms with E-state index in [4.69, 9.17) is 4.74 Å². The van der Waals surface area contributed by atoms with E-state index < -0.39 is 0 Å². The predicted molar refractivity (Wildman–Crippen MR) is 121 cm³/mol. The summed E-state index contributed by atoms with van der Waals surface area (Å²) in [5, 5.41) is 6.95. The standard InChI is InChI=1S/C19H33N5O.HI/c1-19(2,3)22-10-9-21-18(20-4)24-13-11-23(12-14-24)16-7-6-8-17(15-16)25-5;/h6-8,15,22H,9-14H2,1-5H3,(H,20,21);1H. The molecule has 0 amide bonds. The highest BCUT2D eigenvalue weighted by molar-refractivity contribution is 14.0. The number of methoxy groups -OCH3 is 1. The first-order valence-corrected chi connectivity index (χ1v) is 9.02. The van der Waals surface area contributed by atoms with Crippen LogP contribution in [-0.2, 0) is 0 Å². The summed E-state index contributed by atoms with van der Waals surface area (Å²) in [5.74, 6) is 1.89. The Hall–Kier alpha value is -1.22. The molecule has 1 fully saturated rings. The number of guanidine groups is 1. The lowest BCUT2D eigenvalue weighted by atomic mass is 10.1. The van der Waals surface area contributed by atoms with Gasteiger partial charge in [-0.1, -0.05) is 6.07 Å². The SMILES string of the molecule is CN=C(NCCNC(C)(C)C)N1CCN(c2cccc(OC)c2)CC1.I. The lowest BCUT2D eigenvalue weighted by Gasteiger charge is -2.37. The molecule has 2 rings (SSSR count). The van der Waals surface area contributed by atoms with Gasteiger partial charge in [-0.05, 0) is 32.9 Å². The molecule has 0 aromatic heterocycles. The fourth-order valence-electron chi connectivity index (χ4n) is 2.93. The van der Waals surface area contributed by atoms with Gasteiger partial charge in [0.1, 0.15) is 5.75 Å². The van der Waals surface area contributed by atoms with Gasteiger partial charge in [0.15, 0.2) is 5.96 Å². The van der Waals surface area contributed by atoms with Gasteiger partial charge in [0.25, 0.3) is 0 Å². The number of ether oxygens (including phenoxy) is 1. The van der Waals surface area contributed by atoms with Gasteiger partial charge in [0.05, 0.1) is 7.11 Å². The summed E-state index contributed by atoms with van der Waals surface area (Å²) in [4.78, 5) is 9.16. The van der Waals surface area contributed by atoms with Crippen molar-refractivity contribution in [1.29, 1.82) is 0 Å². The topological polar surface area (TPSA) is 52.1 Å². The predicted octanol–water partition coefficient (Wildman–Crippen LogP) is 2.40. The van der Waals surface area contributed by atoms with Crippen molar-refractivity contribution in [1.82, 2.24) is 15.5 Å². The Balaban J connectivity index is 0.00000338. The molecule has 1 aliphatic heterocycles. The van der Waals surface area contributed by atoms with Crippen LogP contribution >= 0.6 is 24.0 Å². The van der Waals surface area contributed by atoms with E-state index in [0.29, 0.717) is 0 Å². The average molecular weight is 475 g/mol. The van der Waals surface area contributed by atoms with E-state index in [1.54, 1.807) is 7.11 Å². The first-order valence-electron chi connectivity index (χ1n) is 9.02. The van der Waals surface area contributed by atoms with Crippen molar-refractivity contribution in [3.63, 3.8) is 0 Å². The van der Waals surface area contributed by atoms with Crippen LogP contribution in [0.2, 0.25) is 0 Å². The molecule has 26 heavy (non-hydrogen) atoms. The summed E-state index contributed by atoms with van der Waals surface area (Å²) in [5.41, 5.74) is 1.37. The fraction of sp³-hybridized carbons (Fsp3) is 0.632. The highest BCUT2D eigenvalue weighted by Gasteiger charge is 2.20. The van der Waals surface area contributed by atoms with Crippen LogP contribution in [0.4, 0.5) is 5.69 Å². The molecule has 1 saturated heterocycles. The van der Waals surface area contributed by atoms with Crippen molar-refractivity contribution in [2.24, 2.45) is 4.99 Å². The highest BCUT2D eigenvalue weighted by atomic mass is 127. The zero-order chi connectivity index (χ0) is 18.3. The summed E-state index contributed by atoms with van der Waals surface area (Å²) in [6, 6.07) is 8.27. The summed E-state index contributed by atoms with van der Waals surface area (Å²) in [6.45, 7) is 12.2. The molecule has 2 N–H and O–H groups in total. The van der Waals surface area contributed by atoms with Crippen LogP contribution in [0.1, 0.15) is 20.8 Å². The maximum absolute atomic E-state index is 5.33. The number of nitrogens with one attached hydrogen (secondary N) is 2. The second-order valence-corrected chi connectivity index (χ2v) is 7.33. The number of halogens is 1. The molecule has 1 aliphatic rings. The second-order valence-electron chi connectivity index (χ2n) is 7.33. The summed E-state index contributed by atoms with van der Waals surface area (Å²) in [6.07, 6.45) is 0. The van der Waals surface area contributed by atoms with E-state index in [9.17, 15) is 0 Å². The lowest BCUT2D eigenvalue weighted by molar-refractivity contribution is 0.369. The van der Waals surface area contributed by atoms with Crippen molar-refractivity contribution < 1.29 is 4.74 Å². The average Bonchev–Trinajstić information content (AvgIpc) is 2.61. The zero-order valence-corrected chi connectivity index (χ0v) is 19.0. The molecule has 7 heteroatoms. The van der Waals surface area contributed by atoms with Gasteiger partial charge in [-0.3, -0.25) is 4.99 Å². The number of aliphatic imine (C=N–C) groups is 1. The summed E-state index contributed by atoms with van der Waals surface area (Å²) < 4.78 is 5.33. The molecule has 0 aliphatic carbocycles. The third kappa shape index (κ3) is 7.19. The van der Waals surface area contributed by atoms with Crippen LogP contribution in [0.3, 0.4) is 0 Å². The molecule has 1 aromatic rings. The molecule has 0 atom stereocenters. The van der Waals surface area contributed by atoms with Crippen molar-refractivity contribution in [2.75, 3.05) is 58.3 Å².